The van der Waals surface area contributed by atoms with Gasteiger partial charge in [-0.1, -0.05) is 23.2 Å². The van der Waals surface area contributed by atoms with Gasteiger partial charge in [0.1, 0.15) is 5.82 Å². The maximum atomic E-state index is 15.5. The van der Waals surface area contributed by atoms with E-state index in [0.717, 1.165) is 19.4 Å². The van der Waals surface area contributed by atoms with Gasteiger partial charge in [0.05, 0.1) is 27.8 Å². The molecule has 0 saturated carbocycles. The lowest BCUT2D eigenvalue weighted by atomic mass is 10.0. The molecule has 3 aromatic rings. The van der Waals surface area contributed by atoms with Crippen LogP contribution >= 0.6 is 23.2 Å². The molecule has 6 N–H and O–H groups in total. The predicted octanol–water partition coefficient (Wildman–Crippen LogP) is 3.72. The van der Waals surface area contributed by atoms with Gasteiger partial charge in [0, 0.05) is 43.4 Å². The molecule has 0 aliphatic carbocycles. The fraction of sp³-hybridized carbons (Fsp3) is 0.333. The van der Waals surface area contributed by atoms with Gasteiger partial charge < -0.3 is 15.6 Å². The molecule has 3 unspecified atom stereocenters. The number of aliphatic hydroxyl groups is 1. The number of benzene rings is 1. The molecule has 0 spiro atoms. The van der Waals surface area contributed by atoms with Crippen molar-refractivity contribution in [1.29, 1.82) is 0 Å². The minimum Gasteiger partial charge on any atom is -0.450 e. The van der Waals surface area contributed by atoms with Crippen LogP contribution in [0.1, 0.15) is 31.4 Å². The van der Waals surface area contributed by atoms with Gasteiger partial charge in [-0.25, -0.2) is 9.37 Å². The van der Waals surface area contributed by atoms with Crippen molar-refractivity contribution in [1.82, 2.24) is 20.1 Å². The highest BCUT2D eigenvalue weighted by atomic mass is 35.5. The second-order valence-corrected chi connectivity index (χ2v) is 8.84. The summed E-state index contributed by atoms with van der Waals surface area (Å²) in [5.41, 5.74) is 12.5. The van der Waals surface area contributed by atoms with E-state index < -0.39 is 22.5 Å². The molecule has 1 fully saturated rings. The van der Waals surface area contributed by atoms with E-state index in [9.17, 15) is 9.50 Å². The molecule has 1 aliphatic rings. The summed E-state index contributed by atoms with van der Waals surface area (Å²) < 4.78 is 36.6. The molecule has 12 heteroatoms. The van der Waals surface area contributed by atoms with E-state index in [4.69, 9.17) is 39.4 Å². The number of nitrogens with two attached hydrogens (primary N) is 2. The van der Waals surface area contributed by atoms with E-state index in [2.05, 4.69) is 15.4 Å². The largest absolute Gasteiger partial charge is 0.450 e. The van der Waals surface area contributed by atoms with Crippen LogP contribution < -0.4 is 21.5 Å². The molecule has 33 heavy (non-hydrogen) atoms. The Bertz CT molecular complexity index is 1190. The molecule has 0 amide bonds. The number of halogens is 4. The zero-order valence-corrected chi connectivity index (χ0v) is 19.0. The third-order valence-electron chi connectivity index (χ3n) is 5.44. The van der Waals surface area contributed by atoms with Crippen molar-refractivity contribution in [3.8, 4) is 16.9 Å². The van der Waals surface area contributed by atoms with Crippen LogP contribution in [-0.2, 0) is 5.85 Å². The van der Waals surface area contributed by atoms with Crippen molar-refractivity contribution in [2.75, 3.05) is 12.3 Å². The SMILES string of the molecule is CC(F)(Oc1cc(-c2cnn(C3CCNC(N)(O)C3)c2)cnc1N)c1c(Cl)ccc(F)c1Cl. The first-order valence-corrected chi connectivity index (χ1v) is 10.8. The molecule has 3 atom stereocenters. The number of ether oxygens (including phenoxy) is 1. The molecule has 0 radical (unpaired) electrons. The highest BCUT2D eigenvalue weighted by molar-refractivity contribution is 6.36. The fourth-order valence-electron chi connectivity index (χ4n) is 3.79. The van der Waals surface area contributed by atoms with Crippen molar-refractivity contribution in [3.05, 3.63) is 58.2 Å². The van der Waals surface area contributed by atoms with Gasteiger partial charge in [-0.15, -0.1) is 0 Å². The average Bonchev–Trinajstić information content (AvgIpc) is 3.22. The Morgan fingerprint density at radius 1 is 1.33 bits per heavy atom. The summed E-state index contributed by atoms with van der Waals surface area (Å²) in [5, 5.41) is 16.7. The molecule has 2 aromatic heterocycles. The van der Waals surface area contributed by atoms with Crippen LogP contribution in [0.3, 0.4) is 0 Å². The lowest BCUT2D eigenvalue weighted by Crippen LogP contribution is -2.58. The highest BCUT2D eigenvalue weighted by Crippen LogP contribution is 2.41. The second kappa shape index (κ2) is 8.69. The summed E-state index contributed by atoms with van der Waals surface area (Å²) in [6.45, 7) is 1.59. The summed E-state index contributed by atoms with van der Waals surface area (Å²) in [5.74, 6) is -5.07. The van der Waals surface area contributed by atoms with Crippen LogP contribution in [0.5, 0.6) is 5.75 Å². The monoisotopic (exact) mass is 498 g/mol. The number of hydrogen-bond donors (Lipinski definition) is 4. The van der Waals surface area contributed by atoms with Gasteiger partial charge >= 0.3 is 0 Å². The molecule has 1 saturated heterocycles. The number of nitrogens with one attached hydrogen (secondary N) is 1. The Balaban J connectivity index is 1.62. The third kappa shape index (κ3) is 4.90. The number of piperidine rings is 1. The zero-order chi connectivity index (χ0) is 24.0. The van der Waals surface area contributed by atoms with Gasteiger partial charge in [0.2, 0.25) is 0 Å². The molecule has 4 rings (SSSR count). The highest BCUT2D eigenvalue weighted by Gasteiger charge is 2.36. The quantitative estimate of drug-likeness (QED) is 0.312. The lowest BCUT2D eigenvalue weighted by molar-refractivity contribution is -0.0501. The number of alkyl halides is 1. The standard InChI is InChI=1S/C21H22Cl2F2N6O2/c1-20(25,17-14(22)2-3-15(24)18(17)23)33-16-6-11(8-28-19(16)26)12-9-30-31(10-12)13-4-5-29-21(27,32)7-13/h2-3,6,8-10,13,29,32H,4-5,7,27H2,1H3,(H2,26,28). The number of nitrogens with zero attached hydrogens (tertiary/aromatic N) is 3. The van der Waals surface area contributed by atoms with E-state index in [1.54, 1.807) is 17.1 Å². The van der Waals surface area contributed by atoms with Gasteiger partial charge in [0.15, 0.2) is 17.4 Å². The van der Waals surface area contributed by atoms with Crippen molar-refractivity contribution in [3.63, 3.8) is 0 Å². The summed E-state index contributed by atoms with van der Waals surface area (Å²) in [4.78, 5) is 4.08. The van der Waals surface area contributed by atoms with E-state index in [1.165, 1.54) is 18.3 Å². The van der Waals surface area contributed by atoms with E-state index in [0.29, 0.717) is 17.7 Å². The van der Waals surface area contributed by atoms with E-state index >= 15 is 4.39 Å². The maximum Gasteiger partial charge on any atom is 0.274 e. The summed E-state index contributed by atoms with van der Waals surface area (Å²) >= 11 is 12.0. The number of pyridine rings is 1. The fourth-order valence-corrected chi connectivity index (χ4v) is 4.50. The van der Waals surface area contributed by atoms with Crippen LogP contribution in [0.2, 0.25) is 10.0 Å². The molecule has 8 nitrogen and oxygen atoms in total. The van der Waals surface area contributed by atoms with Crippen molar-refractivity contribution in [2.24, 2.45) is 5.73 Å². The van der Waals surface area contributed by atoms with Crippen molar-refractivity contribution in [2.45, 2.75) is 37.5 Å². The van der Waals surface area contributed by atoms with Gasteiger partial charge in [-0.05, 0) is 24.6 Å². The molecule has 1 aliphatic heterocycles. The Morgan fingerprint density at radius 2 is 2.09 bits per heavy atom. The Morgan fingerprint density at radius 3 is 2.82 bits per heavy atom. The van der Waals surface area contributed by atoms with E-state index in [-0.39, 0.29) is 34.6 Å². The Labute approximate surface area is 198 Å². The number of nitrogen functional groups attached to an aromatic ring is 1. The van der Waals surface area contributed by atoms with E-state index in [1.807, 2.05) is 0 Å². The maximum absolute atomic E-state index is 15.5. The molecule has 0 bridgehead atoms. The van der Waals surface area contributed by atoms with Crippen LogP contribution in [0.25, 0.3) is 11.1 Å². The smallest absolute Gasteiger partial charge is 0.274 e. The Kier molecular flexibility index (Phi) is 6.23. The van der Waals surface area contributed by atoms with Crippen LogP contribution in [-0.4, -0.2) is 32.3 Å². The number of hydrogen-bond acceptors (Lipinski definition) is 7. The van der Waals surface area contributed by atoms with Gasteiger partial charge in [-0.2, -0.15) is 9.49 Å². The van der Waals surface area contributed by atoms with Crippen LogP contribution in [0.4, 0.5) is 14.6 Å². The molecular formula is C21H22Cl2F2N6O2. The topological polar surface area (TPSA) is 124 Å². The summed E-state index contributed by atoms with van der Waals surface area (Å²) in [6, 6.07) is 3.60. The van der Waals surface area contributed by atoms with Crippen LogP contribution in [0.15, 0.2) is 36.8 Å². The van der Waals surface area contributed by atoms with Crippen molar-refractivity contribution >= 4 is 29.0 Å². The third-order valence-corrected chi connectivity index (χ3v) is 6.12. The second-order valence-electron chi connectivity index (χ2n) is 8.05. The first-order valence-electron chi connectivity index (χ1n) is 10.0. The molecule has 176 valence electrons. The molecule has 1 aromatic carbocycles. The Hall–Kier alpha value is -2.50. The molecular weight excluding hydrogens is 477 g/mol. The minimum atomic E-state index is -2.60. The zero-order valence-electron chi connectivity index (χ0n) is 17.5. The van der Waals surface area contributed by atoms with Crippen molar-refractivity contribution < 1.29 is 18.6 Å². The lowest BCUT2D eigenvalue weighted by Gasteiger charge is -2.34. The number of rotatable bonds is 5. The summed E-state index contributed by atoms with van der Waals surface area (Å²) in [6.07, 6.45) is 5.85. The summed E-state index contributed by atoms with van der Waals surface area (Å²) in [7, 11) is 0. The van der Waals surface area contributed by atoms with Gasteiger partial charge in [0.25, 0.3) is 5.85 Å². The normalized spacial score (nSPS) is 22.7. The number of aromatic nitrogens is 3. The van der Waals surface area contributed by atoms with Crippen LogP contribution in [0, 0.1) is 5.82 Å². The first-order chi connectivity index (χ1) is 15.5. The van der Waals surface area contributed by atoms with Gasteiger partial charge in [-0.3, -0.25) is 15.7 Å². The first kappa shape index (κ1) is 23.7. The average molecular weight is 499 g/mol. The number of anilines is 1. The molecule has 3 heterocycles. The predicted molar refractivity (Wildman–Crippen MR) is 121 cm³/mol. The minimum absolute atomic E-state index is 0.0785.